The minimum atomic E-state index is -0.656. The highest BCUT2D eigenvalue weighted by Gasteiger charge is 2.32. The number of amides is 1. The second-order valence-electron chi connectivity index (χ2n) is 7.70. The minimum Gasteiger partial charge on any atom is -0.462 e. The Balaban J connectivity index is 1.41. The molecule has 1 aliphatic carbocycles. The number of anilines is 1. The number of benzene rings is 1. The molecule has 1 amide bonds. The maximum atomic E-state index is 12.4. The molecule has 0 atom stereocenters. The van der Waals surface area contributed by atoms with Crippen LogP contribution in [0.25, 0.3) is 10.8 Å². The third kappa shape index (κ3) is 4.95. The van der Waals surface area contributed by atoms with Crippen LogP contribution in [0.2, 0.25) is 0 Å². The molecule has 0 bridgehead atoms. The molecular formula is C23H23N3O6S. The summed E-state index contributed by atoms with van der Waals surface area (Å²) in [5, 5.41) is 10.1. The van der Waals surface area contributed by atoms with Gasteiger partial charge in [-0.25, -0.2) is 9.48 Å². The highest BCUT2D eigenvalue weighted by Crippen LogP contribution is 2.46. The molecular weight excluding hydrogens is 446 g/mol. The number of fused-ring (bicyclic) bond motifs is 1. The molecule has 1 aliphatic rings. The molecule has 2 heterocycles. The first-order valence-electron chi connectivity index (χ1n) is 10.6. The third-order valence-corrected chi connectivity index (χ3v) is 6.19. The Morgan fingerprint density at radius 1 is 1.18 bits per heavy atom. The summed E-state index contributed by atoms with van der Waals surface area (Å²) in [7, 11) is 1.51. The summed E-state index contributed by atoms with van der Waals surface area (Å²) < 4.78 is 11.4. The van der Waals surface area contributed by atoms with Gasteiger partial charge in [-0.2, -0.15) is 5.10 Å². The molecule has 1 saturated carbocycles. The van der Waals surface area contributed by atoms with E-state index >= 15 is 0 Å². The number of aromatic nitrogens is 2. The quantitative estimate of drug-likeness (QED) is 0.504. The summed E-state index contributed by atoms with van der Waals surface area (Å²) in [6.07, 6.45) is 1.81. The van der Waals surface area contributed by atoms with Crippen molar-refractivity contribution >= 4 is 45.0 Å². The van der Waals surface area contributed by atoms with E-state index in [1.54, 1.807) is 31.2 Å². The molecule has 0 aliphatic heterocycles. The lowest BCUT2D eigenvalue weighted by Crippen LogP contribution is -2.25. The first kappa shape index (κ1) is 22.7. The Hall–Kier alpha value is -3.53. The van der Waals surface area contributed by atoms with Gasteiger partial charge in [-0.3, -0.25) is 14.4 Å². The second kappa shape index (κ2) is 9.53. The Bertz CT molecular complexity index is 1290. The Morgan fingerprint density at radius 2 is 1.91 bits per heavy atom. The van der Waals surface area contributed by atoms with Gasteiger partial charge in [-0.05, 0) is 42.7 Å². The van der Waals surface area contributed by atoms with E-state index in [9.17, 15) is 19.2 Å². The predicted molar refractivity (Wildman–Crippen MR) is 123 cm³/mol. The molecule has 33 heavy (non-hydrogen) atoms. The fraction of sp³-hybridized carbons (Fsp3) is 0.348. The Kier molecular flexibility index (Phi) is 6.55. The maximum Gasteiger partial charge on any atom is 0.341 e. The minimum absolute atomic E-state index is 0.194. The summed E-state index contributed by atoms with van der Waals surface area (Å²) in [6, 6.07) is 6.87. The molecule has 0 unspecified atom stereocenters. The summed E-state index contributed by atoms with van der Waals surface area (Å²) >= 11 is 1.25. The fourth-order valence-electron chi connectivity index (χ4n) is 3.57. The molecule has 9 nitrogen and oxygen atoms in total. The zero-order chi connectivity index (χ0) is 23.5. The normalized spacial score (nSPS) is 13.0. The number of rotatable bonds is 8. The average Bonchev–Trinajstić information content (AvgIpc) is 3.56. The predicted octanol–water partition coefficient (Wildman–Crippen LogP) is 2.77. The van der Waals surface area contributed by atoms with Gasteiger partial charge in [0.15, 0.2) is 6.61 Å². The molecule has 1 aromatic carbocycles. The smallest absolute Gasteiger partial charge is 0.341 e. The number of hydrogen-bond donors (Lipinski definition) is 1. The molecule has 3 aromatic rings. The van der Waals surface area contributed by atoms with E-state index in [0.29, 0.717) is 32.9 Å². The van der Waals surface area contributed by atoms with Crippen LogP contribution >= 0.6 is 11.3 Å². The summed E-state index contributed by atoms with van der Waals surface area (Å²) in [6.45, 7) is 1.44. The zero-order valence-corrected chi connectivity index (χ0v) is 19.1. The van der Waals surface area contributed by atoms with Gasteiger partial charge in [-0.1, -0.05) is 18.2 Å². The van der Waals surface area contributed by atoms with Gasteiger partial charge in [0.2, 0.25) is 0 Å². The van der Waals surface area contributed by atoms with Crippen LogP contribution < -0.4 is 10.9 Å². The number of esters is 2. The highest BCUT2D eigenvalue weighted by atomic mass is 32.1. The lowest BCUT2D eigenvalue weighted by molar-refractivity contribution is -0.146. The number of nitrogens with one attached hydrogen (secondary N) is 1. The SMILES string of the molecule is CCOC(=O)c1c(C2CC2)csc1NC(=O)COC(=O)Cc1nn(C)c(=O)c2ccccc12. The lowest BCUT2D eigenvalue weighted by atomic mass is 10.1. The number of ether oxygens (including phenoxy) is 2. The average molecular weight is 470 g/mol. The van der Waals surface area contributed by atoms with E-state index in [-0.39, 0.29) is 18.6 Å². The first-order valence-corrected chi connectivity index (χ1v) is 11.5. The van der Waals surface area contributed by atoms with E-state index in [0.717, 1.165) is 18.4 Å². The monoisotopic (exact) mass is 469 g/mol. The summed E-state index contributed by atoms with van der Waals surface area (Å²) in [5.74, 6) is -1.37. The number of thiophene rings is 1. The maximum absolute atomic E-state index is 12.4. The molecule has 2 aromatic heterocycles. The van der Waals surface area contributed by atoms with Crippen molar-refractivity contribution in [1.29, 1.82) is 0 Å². The number of carbonyl (C=O) groups is 3. The van der Waals surface area contributed by atoms with Crippen molar-refractivity contribution in [1.82, 2.24) is 9.78 Å². The molecule has 1 fully saturated rings. The van der Waals surface area contributed by atoms with Gasteiger partial charge in [0.05, 0.1) is 29.7 Å². The first-order chi connectivity index (χ1) is 15.9. The van der Waals surface area contributed by atoms with E-state index in [2.05, 4.69) is 10.4 Å². The molecule has 10 heteroatoms. The molecule has 0 radical (unpaired) electrons. The summed E-state index contributed by atoms with van der Waals surface area (Å²) in [5.41, 5.74) is 1.39. The lowest BCUT2D eigenvalue weighted by Gasteiger charge is -2.10. The number of carbonyl (C=O) groups excluding carboxylic acids is 3. The van der Waals surface area contributed by atoms with Crippen molar-refractivity contribution in [3.63, 3.8) is 0 Å². The van der Waals surface area contributed by atoms with Crippen LogP contribution in [0.5, 0.6) is 0 Å². The topological polar surface area (TPSA) is 117 Å². The van der Waals surface area contributed by atoms with Gasteiger partial charge >= 0.3 is 11.9 Å². The van der Waals surface area contributed by atoms with Crippen molar-refractivity contribution in [2.24, 2.45) is 7.05 Å². The fourth-order valence-corrected chi connectivity index (χ4v) is 4.62. The van der Waals surface area contributed by atoms with Gasteiger partial charge in [0, 0.05) is 12.4 Å². The standard InChI is InChI=1S/C23H23N3O6S/c1-3-31-23(30)20-16(13-8-9-13)12-33-21(20)24-18(27)11-32-19(28)10-17-14-6-4-5-7-15(14)22(29)26(2)25-17/h4-7,12-13H,3,8-11H2,1-2H3,(H,24,27). The number of hydrogen-bond acceptors (Lipinski definition) is 8. The van der Waals surface area contributed by atoms with Gasteiger partial charge in [-0.15, -0.1) is 11.3 Å². The Morgan fingerprint density at radius 3 is 2.61 bits per heavy atom. The Labute approximate surface area is 193 Å². The van der Waals surface area contributed by atoms with Crippen LogP contribution in [0.15, 0.2) is 34.4 Å². The zero-order valence-electron chi connectivity index (χ0n) is 18.3. The molecule has 0 saturated heterocycles. The van der Waals surface area contributed by atoms with Crippen molar-refractivity contribution < 1.29 is 23.9 Å². The van der Waals surface area contributed by atoms with Crippen LogP contribution in [0.4, 0.5) is 5.00 Å². The van der Waals surface area contributed by atoms with E-state index in [1.165, 1.54) is 23.1 Å². The summed E-state index contributed by atoms with van der Waals surface area (Å²) in [4.78, 5) is 49.4. The van der Waals surface area contributed by atoms with Crippen LogP contribution in [0.1, 0.15) is 47.3 Å². The number of nitrogens with zero attached hydrogens (tertiary/aromatic N) is 2. The second-order valence-corrected chi connectivity index (χ2v) is 8.58. The highest BCUT2D eigenvalue weighted by molar-refractivity contribution is 7.15. The third-order valence-electron chi connectivity index (χ3n) is 5.28. The van der Waals surface area contributed by atoms with Crippen molar-refractivity contribution in [3.8, 4) is 0 Å². The van der Waals surface area contributed by atoms with Gasteiger partial charge in [0.25, 0.3) is 11.5 Å². The van der Waals surface area contributed by atoms with Gasteiger partial charge in [0.1, 0.15) is 5.00 Å². The molecule has 172 valence electrons. The molecule has 4 rings (SSSR count). The van der Waals surface area contributed by atoms with Crippen molar-refractivity contribution in [2.45, 2.75) is 32.1 Å². The van der Waals surface area contributed by atoms with Crippen LogP contribution in [0.3, 0.4) is 0 Å². The van der Waals surface area contributed by atoms with Crippen LogP contribution in [-0.2, 0) is 32.5 Å². The van der Waals surface area contributed by atoms with E-state index in [4.69, 9.17) is 9.47 Å². The van der Waals surface area contributed by atoms with Crippen molar-refractivity contribution in [2.75, 3.05) is 18.5 Å². The van der Waals surface area contributed by atoms with Crippen LogP contribution in [0, 0.1) is 0 Å². The van der Waals surface area contributed by atoms with Gasteiger partial charge < -0.3 is 14.8 Å². The van der Waals surface area contributed by atoms with Crippen LogP contribution in [-0.4, -0.2) is 40.8 Å². The molecule has 0 spiro atoms. The largest absolute Gasteiger partial charge is 0.462 e. The van der Waals surface area contributed by atoms with Crippen molar-refractivity contribution in [3.05, 3.63) is 56.8 Å². The van der Waals surface area contributed by atoms with E-state index < -0.39 is 24.5 Å². The van der Waals surface area contributed by atoms with E-state index in [1.807, 2.05) is 5.38 Å². The number of aryl methyl sites for hydroxylation is 1. The molecule has 1 N–H and O–H groups in total.